The first-order chi connectivity index (χ1) is 9.67. The van der Waals surface area contributed by atoms with Crippen LogP contribution in [0.4, 0.5) is 0 Å². The SMILES string of the molecule is CCOCCN1C(=O)C(C)NC1c1ccc(CC)cc1. The van der Waals surface area contributed by atoms with E-state index in [1.807, 2.05) is 18.7 Å². The predicted molar refractivity (Wildman–Crippen MR) is 79.4 cm³/mol. The molecule has 1 heterocycles. The highest BCUT2D eigenvalue weighted by molar-refractivity contribution is 5.84. The Labute approximate surface area is 121 Å². The number of benzene rings is 1. The number of hydrogen-bond acceptors (Lipinski definition) is 3. The van der Waals surface area contributed by atoms with Crippen LogP contribution in [0.25, 0.3) is 0 Å². The van der Waals surface area contributed by atoms with Gasteiger partial charge in [0, 0.05) is 13.2 Å². The van der Waals surface area contributed by atoms with Gasteiger partial charge in [-0.05, 0) is 31.4 Å². The molecule has 1 saturated heterocycles. The number of carbonyl (C=O) groups excluding carboxylic acids is 1. The smallest absolute Gasteiger partial charge is 0.241 e. The molecule has 1 aromatic rings. The summed E-state index contributed by atoms with van der Waals surface area (Å²) in [6.07, 6.45) is 0.991. The average Bonchev–Trinajstić information content (AvgIpc) is 2.76. The van der Waals surface area contributed by atoms with Crippen LogP contribution < -0.4 is 5.32 Å². The Morgan fingerprint density at radius 2 is 1.95 bits per heavy atom. The van der Waals surface area contributed by atoms with Crippen LogP contribution >= 0.6 is 0 Å². The first kappa shape index (κ1) is 15.0. The second-order valence-corrected chi connectivity index (χ2v) is 5.11. The van der Waals surface area contributed by atoms with Gasteiger partial charge < -0.3 is 9.64 Å². The van der Waals surface area contributed by atoms with E-state index >= 15 is 0 Å². The zero-order chi connectivity index (χ0) is 14.5. The summed E-state index contributed by atoms with van der Waals surface area (Å²) < 4.78 is 5.38. The Morgan fingerprint density at radius 1 is 1.25 bits per heavy atom. The molecule has 0 radical (unpaired) electrons. The Kier molecular flexibility index (Phi) is 5.15. The van der Waals surface area contributed by atoms with Crippen LogP contribution in [0.2, 0.25) is 0 Å². The van der Waals surface area contributed by atoms with Crippen LogP contribution in [0.15, 0.2) is 24.3 Å². The molecule has 1 amide bonds. The van der Waals surface area contributed by atoms with E-state index in [1.54, 1.807) is 0 Å². The third-order valence-electron chi connectivity index (χ3n) is 3.76. The minimum Gasteiger partial charge on any atom is -0.380 e. The lowest BCUT2D eigenvalue weighted by atomic mass is 10.1. The largest absolute Gasteiger partial charge is 0.380 e. The summed E-state index contributed by atoms with van der Waals surface area (Å²) in [5.74, 6) is 0.147. The van der Waals surface area contributed by atoms with Gasteiger partial charge in [-0.2, -0.15) is 0 Å². The number of rotatable bonds is 6. The fraction of sp³-hybridized carbons (Fsp3) is 0.562. The summed E-state index contributed by atoms with van der Waals surface area (Å²) in [5.41, 5.74) is 2.45. The summed E-state index contributed by atoms with van der Waals surface area (Å²) >= 11 is 0. The molecule has 1 N–H and O–H groups in total. The van der Waals surface area contributed by atoms with Crippen LogP contribution in [-0.2, 0) is 16.0 Å². The van der Waals surface area contributed by atoms with Gasteiger partial charge >= 0.3 is 0 Å². The molecule has 4 heteroatoms. The molecule has 0 saturated carbocycles. The van der Waals surface area contributed by atoms with E-state index in [0.29, 0.717) is 19.8 Å². The normalized spacial score (nSPS) is 22.6. The van der Waals surface area contributed by atoms with Crippen LogP contribution in [0.3, 0.4) is 0 Å². The maximum Gasteiger partial charge on any atom is 0.241 e. The van der Waals surface area contributed by atoms with Gasteiger partial charge in [0.2, 0.25) is 5.91 Å². The molecule has 0 bridgehead atoms. The molecule has 0 spiro atoms. The number of aryl methyl sites for hydroxylation is 1. The second kappa shape index (κ2) is 6.86. The van der Waals surface area contributed by atoms with Gasteiger partial charge in [0.25, 0.3) is 0 Å². The molecule has 2 rings (SSSR count). The molecular weight excluding hydrogens is 252 g/mol. The first-order valence-electron chi connectivity index (χ1n) is 7.40. The Morgan fingerprint density at radius 3 is 2.55 bits per heavy atom. The second-order valence-electron chi connectivity index (χ2n) is 5.11. The fourth-order valence-electron chi connectivity index (χ4n) is 2.53. The minimum absolute atomic E-state index is 0.0381. The molecular formula is C16H24N2O2. The van der Waals surface area contributed by atoms with Crippen LogP contribution in [0.1, 0.15) is 38.1 Å². The predicted octanol–water partition coefficient (Wildman–Crippen LogP) is 2.10. The van der Waals surface area contributed by atoms with E-state index in [4.69, 9.17) is 4.74 Å². The van der Waals surface area contributed by atoms with Gasteiger partial charge in [-0.15, -0.1) is 0 Å². The van der Waals surface area contributed by atoms with E-state index in [1.165, 1.54) is 5.56 Å². The van der Waals surface area contributed by atoms with Crippen molar-refractivity contribution in [3.63, 3.8) is 0 Å². The average molecular weight is 276 g/mol. The minimum atomic E-state index is -0.132. The molecule has 2 atom stereocenters. The third-order valence-corrected chi connectivity index (χ3v) is 3.76. The summed E-state index contributed by atoms with van der Waals surface area (Å²) in [6, 6.07) is 8.34. The maximum atomic E-state index is 12.2. The molecule has 1 aliphatic heterocycles. The highest BCUT2D eigenvalue weighted by Crippen LogP contribution is 2.25. The molecule has 1 fully saturated rings. The van der Waals surface area contributed by atoms with Crippen molar-refractivity contribution in [1.82, 2.24) is 10.2 Å². The van der Waals surface area contributed by atoms with E-state index in [9.17, 15) is 4.79 Å². The molecule has 4 nitrogen and oxygen atoms in total. The number of hydrogen-bond donors (Lipinski definition) is 1. The third kappa shape index (κ3) is 3.19. The maximum absolute atomic E-state index is 12.2. The Hall–Kier alpha value is -1.39. The number of nitrogens with one attached hydrogen (secondary N) is 1. The topological polar surface area (TPSA) is 41.6 Å². The highest BCUT2D eigenvalue weighted by Gasteiger charge is 2.36. The van der Waals surface area contributed by atoms with E-state index in [0.717, 1.165) is 12.0 Å². The van der Waals surface area contributed by atoms with Gasteiger partial charge in [0.15, 0.2) is 0 Å². The molecule has 1 aliphatic rings. The lowest BCUT2D eigenvalue weighted by molar-refractivity contribution is -0.130. The van der Waals surface area contributed by atoms with Crippen LogP contribution in [0, 0.1) is 0 Å². The zero-order valence-corrected chi connectivity index (χ0v) is 12.6. The van der Waals surface area contributed by atoms with Crippen molar-refractivity contribution < 1.29 is 9.53 Å². The van der Waals surface area contributed by atoms with E-state index in [2.05, 4.69) is 36.5 Å². The van der Waals surface area contributed by atoms with Crippen molar-refractivity contribution >= 4 is 5.91 Å². The van der Waals surface area contributed by atoms with Crippen LogP contribution in [-0.4, -0.2) is 36.6 Å². The quantitative estimate of drug-likeness (QED) is 0.809. The molecule has 110 valence electrons. The zero-order valence-electron chi connectivity index (χ0n) is 12.6. The Bertz CT molecular complexity index is 444. The standard InChI is InChI=1S/C16H24N2O2/c1-4-13-6-8-14(9-7-13)15-17-12(3)16(19)18(15)10-11-20-5-2/h6-9,12,15,17H,4-5,10-11H2,1-3H3. The van der Waals surface area contributed by atoms with Gasteiger partial charge in [0.1, 0.15) is 6.17 Å². The van der Waals surface area contributed by atoms with Gasteiger partial charge in [-0.25, -0.2) is 0 Å². The van der Waals surface area contributed by atoms with Crippen molar-refractivity contribution in [3.8, 4) is 0 Å². The van der Waals surface area contributed by atoms with Crippen molar-refractivity contribution in [2.24, 2.45) is 0 Å². The molecule has 20 heavy (non-hydrogen) atoms. The number of amides is 1. The molecule has 1 aromatic carbocycles. The van der Waals surface area contributed by atoms with Crippen LogP contribution in [0.5, 0.6) is 0 Å². The lowest BCUT2D eigenvalue weighted by Crippen LogP contribution is -2.33. The molecule has 0 aromatic heterocycles. The molecule has 2 unspecified atom stereocenters. The van der Waals surface area contributed by atoms with Crippen molar-refractivity contribution in [3.05, 3.63) is 35.4 Å². The lowest BCUT2D eigenvalue weighted by Gasteiger charge is -2.24. The van der Waals surface area contributed by atoms with Gasteiger partial charge in [0.05, 0.1) is 12.6 Å². The van der Waals surface area contributed by atoms with Gasteiger partial charge in [-0.1, -0.05) is 31.2 Å². The highest BCUT2D eigenvalue weighted by atomic mass is 16.5. The first-order valence-corrected chi connectivity index (χ1v) is 7.40. The monoisotopic (exact) mass is 276 g/mol. The number of carbonyl (C=O) groups is 1. The van der Waals surface area contributed by atoms with Crippen molar-refractivity contribution in [2.45, 2.75) is 39.4 Å². The Balaban J connectivity index is 2.12. The number of nitrogens with zero attached hydrogens (tertiary/aromatic N) is 1. The van der Waals surface area contributed by atoms with E-state index in [-0.39, 0.29) is 18.1 Å². The molecule has 0 aliphatic carbocycles. The number of ether oxygens (including phenoxy) is 1. The summed E-state index contributed by atoms with van der Waals surface area (Å²) in [7, 11) is 0. The van der Waals surface area contributed by atoms with E-state index < -0.39 is 0 Å². The summed E-state index contributed by atoms with van der Waals surface area (Å²) in [6.45, 7) is 7.91. The van der Waals surface area contributed by atoms with Gasteiger partial charge in [-0.3, -0.25) is 10.1 Å². The fourth-order valence-corrected chi connectivity index (χ4v) is 2.53. The summed E-state index contributed by atoms with van der Waals surface area (Å²) in [4.78, 5) is 14.1. The van der Waals surface area contributed by atoms with Crippen molar-refractivity contribution in [1.29, 1.82) is 0 Å². The van der Waals surface area contributed by atoms with Crippen molar-refractivity contribution in [2.75, 3.05) is 19.8 Å². The summed E-state index contributed by atoms with van der Waals surface area (Å²) in [5, 5.41) is 3.36.